The van der Waals surface area contributed by atoms with Crippen molar-refractivity contribution in [3.05, 3.63) is 24.2 Å². The number of ether oxygens (including phenoxy) is 1. The molecule has 5 nitrogen and oxygen atoms in total. The van der Waals surface area contributed by atoms with Gasteiger partial charge in [-0.2, -0.15) is 0 Å². The average Bonchev–Trinajstić information content (AvgIpc) is 3.09. The van der Waals surface area contributed by atoms with E-state index in [-0.39, 0.29) is 12.0 Å². The van der Waals surface area contributed by atoms with Crippen LogP contribution in [-0.4, -0.2) is 36.3 Å². The van der Waals surface area contributed by atoms with E-state index in [9.17, 15) is 4.79 Å². The van der Waals surface area contributed by atoms with Crippen LogP contribution in [0.1, 0.15) is 24.5 Å². The van der Waals surface area contributed by atoms with Crippen molar-refractivity contribution in [3.63, 3.8) is 0 Å². The van der Waals surface area contributed by atoms with Crippen molar-refractivity contribution in [2.45, 2.75) is 25.0 Å². The van der Waals surface area contributed by atoms with Crippen LogP contribution in [0.3, 0.4) is 0 Å². The molecule has 0 radical (unpaired) electrons. The summed E-state index contributed by atoms with van der Waals surface area (Å²) in [6.07, 6.45) is 6.38. The molecule has 0 spiro atoms. The van der Waals surface area contributed by atoms with Gasteiger partial charge in [-0.05, 0) is 18.9 Å². The average molecular weight is 234 g/mol. The Labute approximate surface area is 99.1 Å². The lowest BCUT2D eigenvalue weighted by atomic mass is 10.1. The molecular formula is C12H14N2O3. The summed E-state index contributed by atoms with van der Waals surface area (Å²) in [6, 6.07) is 1.36. The number of nitrogens with zero attached hydrogens (tertiary/aromatic N) is 2. The van der Waals surface area contributed by atoms with E-state index in [0.717, 1.165) is 31.5 Å². The van der Waals surface area contributed by atoms with Gasteiger partial charge in [0.2, 0.25) is 0 Å². The zero-order valence-corrected chi connectivity index (χ0v) is 9.41. The first-order valence-electron chi connectivity index (χ1n) is 5.84. The number of furan rings is 1. The third-order valence-corrected chi connectivity index (χ3v) is 3.26. The maximum absolute atomic E-state index is 12.3. The van der Waals surface area contributed by atoms with Gasteiger partial charge in [-0.3, -0.25) is 4.79 Å². The van der Waals surface area contributed by atoms with Gasteiger partial charge in [0, 0.05) is 18.7 Å². The molecule has 3 heterocycles. The smallest absolute Gasteiger partial charge is 0.251 e. The third-order valence-electron chi connectivity index (χ3n) is 3.26. The molecule has 0 saturated carbocycles. The summed E-state index contributed by atoms with van der Waals surface area (Å²) in [4.78, 5) is 18.3. The van der Waals surface area contributed by atoms with Crippen molar-refractivity contribution in [1.82, 2.24) is 4.90 Å². The second kappa shape index (κ2) is 4.24. The molecule has 5 heteroatoms. The minimum atomic E-state index is -0.453. The van der Waals surface area contributed by atoms with Gasteiger partial charge in [0.15, 0.2) is 18.5 Å². The number of hydrogen-bond acceptors (Lipinski definition) is 4. The predicted molar refractivity (Wildman–Crippen MR) is 60.6 cm³/mol. The summed E-state index contributed by atoms with van der Waals surface area (Å²) in [5.41, 5.74) is 0.861. The van der Waals surface area contributed by atoms with E-state index in [1.54, 1.807) is 12.5 Å². The number of carbonyl (C=O) groups excluding carboxylic acids is 1. The van der Waals surface area contributed by atoms with Gasteiger partial charge in [0.25, 0.3) is 5.91 Å². The quantitative estimate of drug-likeness (QED) is 0.776. The lowest BCUT2D eigenvalue weighted by Crippen LogP contribution is -2.38. The van der Waals surface area contributed by atoms with Gasteiger partial charge in [0.1, 0.15) is 0 Å². The fourth-order valence-electron chi connectivity index (χ4n) is 2.33. The summed E-state index contributed by atoms with van der Waals surface area (Å²) in [7, 11) is 0. The van der Waals surface area contributed by atoms with E-state index in [2.05, 4.69) is 4.99 Å². The van der Waals surface area contributed by atoms with Crippen molar-refractivity contribution in [3.8, 4) is 0 Å². The Kier molecular flexibility index (Phi) is 2.59. The van der Waals surface area contributed by atoms with Crippen LogP contribution in [0, 0.1) is 0 Å². The molecule has 1 amide bonds. The van der Waals surface area contributed by atoms with E-state index in [0.29, 0.717) is 0 Å². The fourth-order valence-corrected chi connectivity index (χ4v) is 2.33. The Hall–Kier alpha value is -1.78. The van der Waals surface area contributed by atoms with E-state index in [4.69, 9.17) is 9.15 Å². The molecule has 1 unspecified atom stereocenters. The van der Waals surface area contributed by atoms with Crippen LogP contribution in [0.15, 0.2) is 28.0 Å². The van der Waals surface area contributed by atoms with Crippen molar-refractivity contribution in [2.75, 3.05) is 13.1 Å². The molecule has 2 aliphatic rings. The summed E-state index contributed by atoms with van der Waals surface area (Å²) in [6.45, 7) is 1.67. The number of aliphatic imine (C=N–C) groups is 1. The number of rotatable bonds is 2. The minimum absolute atomic E-state index is 0.0578. The zero-order chi connectivity index (χ0) is 11.7. The van der Waals surface area contributed by atoms with Crippen molar-refractivity contribution in [2.24, 2.45) is 4.99 Å². The zero-order valence-electron chi connectivity index (χ0n) is 9.41. The van der Waals surface area contributed by atoms with Crippen LogP contribution < -0.4 is 0 Å². The Morgan fingerprint density at radius 1 is 1.41 bits per heavy atom. The van der Waals surface area contributed by atoms with Crippen LogP contribution in [-0.2, 0) is 9.53 Å². The lowest BCUT2D eigenvalue weighted by molar-refractivity contribution is -0.133. The molecule has 1 aromatic heterocycles. The van der Waals surface area contributed by atoms with Crippen LogP contribution in [0.2, 0.25) is 0 Å². The summed E-state index contributed by atoms with van der Waals surface area (Å²) >= 11 is 0. The lowest BCUT2D eigenvalue weighted by Gasteiger charge is -2.21. The molecule has 0 bridgehead atoms. The summed E-state index contributed by atoms with van der Waals surface area (Å²) in [5, 5.41) is 0. The Morgan fingerprint density at radius 3 is 2.94 bits per heavy atom. The second-order valence-electron chi connectivity index (χ2n) is 4.35. The standard InChI is InChI=1S/C12H14N2O3/c15-12(14-4-1-2-5-14)10-11(17-8-13-10)9-3-6-16-7-9/h3,6-8,10-11H,1-2,4-5H2/t10?,11-/m0/s1. The largest absolute Gasteiger partial charge is 0.473 e. The summed E-state index contributed by atoms with van der Waals surface area (Å²) < 4.78 is 10.4. The first kappa shape index (κ1) is 10.4. The Morgan fingerprint density at radius 2 is 2.24 bits per heavy atom. The maximum atomic E-state index is 12.3. The number of hydrogen-bond donors (Lipinski definition) is 0. The molecule has 90 valence electrons. The van der Waals surface area contributed by atoms with Gasteiger partial charge in [-0.1, -0.05) is 0 Å². The SMILES string of the molecule is O=C(C1N=CO[C@H]1c1ccoc1)N1CCCC1. The molecule has 1 fully saturated rings. The monoisotopic (exact) mass is 234 g/mol. The predicted octanol–water partition coefficient (Wildman–Crippen LogP) is 1.37. The van der Waals surface area contributed by atoms with E-state index in [1.165, 1.54) is 6.40 Å². The fraction of sp³-hybridized carbons (Fsp3) is 0.500. The van der Waals surface area contributed by atoms with E-state index in [1.807, 2.05) is 11.0 Å². The van der Waals surface area contributed by atoms with E-state index < -0.39 is 6.04 Å². The first-order chi connectivity index (χ1) is 8.36. The molecule has 1 saturated heterocycles. The topological polar surface area (TPSA) is 55.0 Å². The maximum Gasteiger partial charge on any atom is 0.251 e. The van der Waals surface area contributed by atoms with Gasteiger partial charge in [0.05, 0.1) is 12.5 Å². The van der Waals surface area contributed by atoms with Gasteiger partial charge >= 0.3 is 0 Å². The molecule has 0 aromatic carbocycles. The van der Waals surface area contributed by atoms with Gasteiger partial charge in [-0.15, -0.1) is 0 Å². The molecule has 2 atom stereocenters. The van der Waals surface area contributed by atoms with Crippen molar-refractivity contribution < 1.29 is 13.9 Å². The number of likely N-dealkylation sites (tertiary alicyclic amines) is 1. The molecule has 0 N–H and O–H groups in total. The molecule has 3 rings (SSSR count). The highest BCUT2D eigenvalue weighted by Crippen LogP contribution is 2.29. The molecular weight excluding hydrogens is 220 g/mol. The minimum Gasteiger partial charge on any atom is -0.473 e. The molecule has 2 aliphatic heterocycles. The van der Waals surface area contributed by atoms with Crippen LogP contribution in [0.4, 0.5) is 0 Å². The molecule has 0 aliphatic carbocycles. The Bertz CT molecular complexity index is 421. The van der Waals surface area contributed by atoms with Crippen molar-refractivity contribution >= 4 is 12.3 Å². The third kappa shape index (κ3) is 1.81. The Balaban J connectivity index is 1.77. The number of amides is 1. The molecule has 1 aromatic rings. The highest BCUT2D eigenvalue weighted by atomic mass is 16.5. The highest BCUT2D eigenvalue weighted by Gasteiger charge is 2.37. The van der Waals surface area contributed by atoms with Crippen LogP contribution in [0.25, 0.3) is 0 Å². The number of carbonyl (C=O) groups is 1. The second-order valence-corrected chi connectivity index (χ2v) is 4.35. The summed E-state index contributed by atoms with van der Waals surface area (Å²) in [5.74, 6) is 0.0578. The van der Waals surface area contributed by atoms with Crippen LogP contribution >= 0.6 is 0 Å². The first-order valence-corrected chi connectivity index (χ1v) is 5.84. The van der Waals surface area contributed by atoms with Crippen molar-refractivity contribution in [1.29, 1.82) is 0 Å². The van der Waals surface area contributed by atoms with E-state index >= 15 is 0 Å². The molecule has 17 heavy (non-hydrogen) atoms. The van der Waals surface area contributed by atoms with Gasteiger partial charge < -0.3 is 14.1 Å². The van der Waals surface area contributed by atoms with Gasteiger partial charge in [-0.25, -0.2) is 4.99 Å². The normalized spacial score (nSPS) is 27.4. The van der Waals surface area contributed by atoms with Crippen LogP contribution in [0.5, 0.6) is 0 Å². The highest BCUT2D eigenvalue weighted by molar-refractivity contribution is 5.85.